The van der Waals surface area contributed by atoms with Crippen molar-refractivity contribution >= 4 is 18.2 Å². The van der Waals surface area contributed by atoms with Crippen LogP contribution in [0.1, 0.15) is 33.6 Å². The number of aliphatic hydroxyl groups is 2. The van der Waals surface area contributed by atoms with Crippen LogP contribution < -0.4 is 5.32 Å². The van der Waals surface area contributed by atoms with Gasteiger partial charge in [-0.1, -0.05) is 6.92 Å². The van der Waals surface area contributed by atoms with Gasteiger partial charge in [0.2, 0.25) is 5.72 Å². The molecule has 0 aromatic heterocycles. The topological polar surface area (TPSA) is 64.9 Å². The molecular formula is C8H17ClN2O2. The highest BCUT2D eigenvalue weighted by Gasteiger charge is 2.47. The van der Waals surface area contributed by atoms with Gasteiger partial charge in [-0.05, 0) is 20.3 Å². The highest BCUT2D eigenvalue weighted by atomic mass is 35.5. The van der Waals surface area contributed by atoms with Crippen molar-refractivity contribution in [2.75, 3.05) is 0 Å². The van der Waals surface area contributed by atoms with Crippen LogP contribution >= 0.6 is 12.4 Å². The van der Waals surface area contributed by atoms with E-state index in [0.29, 0.717) is 5.84 Å². The maximum atomic E-state index is 9.64. The Balaban J connectivity index is 0.00000144. The highest BCUT2D eigenvalue weighted by Crippen LogP contribution is 2.26. The molecule has 1 rings (SSSR count). The third kappa shape index (κ3) is 2.33. The van der Waals surface area contributed by atoms with E-state index in [4.69, 9.17) is 0 Å². The fourth-order valence-corrected chi connectivity index (χ4v) is 1.15. The van der Waals surface area contributed by atoms with E-state index in [2.05, 4.69) is 10.3 Å². The quantitative estimate of drug-likeness (QED) is 0.624. The number of hydrogen-bond donors (Lipinski definition) is 3. The number of nitrogens with one attached hydrogen (secondary N) is 1. The van der Waals surface area contributed by atoms with Crippen LogP contribution in [0.4, 0.5) is 0 Å². The van der Waals surface area contributed by atoms with Crippen molar-refractivity contribution in [3.63, 3.8) is 0 Å². The molecule has 3 N–H and O–H groups in total. The number of halogens is 1. The summed E-state index contributed by atoms with van der Waals surface area (Å²) < 4.78 is 0. The molecule has 4 nitrogen and oxygen atoms in total. The van der Waals surface area contributed by atoms with Crippen molar-refractivity contribution < 1.29 is 10.2 Å². The highest BCUT2D eigenvalue weighted by molar-refractivity contribution is 5.85. The Labute approximate surface area is 84.5 Å². The van der Waals surface area contributed by atoms with Crippen LogP contribution in [-0.4, -0.2) is 27.5 Å². The molecule has 5 heteroatoms. The molecule has 0 saturated carbocycles. The molecule has 0 amide bonds. The molecule has 2 atom stereocenters. The second kappa shape index (κ2) is 3.82. The molecular weight excluding hydrogens is 192 g/mol. The average Bonchev–Trinajstić information content (AvgIpc) is 2.02. The van der Waals surface area contributed by atoms with Gasteiger partial charge in [0, 0.05) is 6.42 Å². The smallest absolute Gasteiger partial charge is 0.202 e. The average molecular weight is 209 g/mol. The number of rotatable bonds is 2. The van der Waals surface area contributed by atoms with Gasteiger partial charge < -0.3 is 15.5 Å². The van der Waals surface area contributed by atoms with Gasteiger partial charge in [0.25, 0.3) is 0 Å². The van der Waals surface area contributed by atoms with Gasteiger partial charge >= 0.3 is 0 Å². The number of hydrogen-bond acceptors (Lipinski definition) is 4. The molecule has 1 heterocycles. The molecule has 1 aliphatic rings. The van der Waals surface area contributed by atoms with Crippen LogP contribution in [0.15, 0.2) is 4.99 Å². The molecule has 13 heavy (non-hydrogen) atoms. The largest absolute Gasteiger partial charge is 0.367 e. The maximum absolute atomic E-state index is 9.64. The Hall–Kier alpha value is -0.320. The van der Waals surface area contributed by atoms with E-state index in [1.165, 1.54) is 13.8 Å². The van der Waals surface area contributed by atoms with Crippen LogP contribution in [0.2, 0.25) is 0 Å². The molecule has 1 aliphatic heterocycles. The Bertz CT molecular complexity index is 214. The number of amidine groups is 1. The lowest BCUT2D eigenvalue weighted by Gasteiger charge is -2.29. The summed E-state index contributed by atoms with van der Waals surface area (Å²) in [5.74, 6) is 0.674. The van der Waals surface area contributed by atoms with Gasteiger partial charge in [-0.15, -0.1) is 12.4 Å². The predicted octanol–water partition coefficient (Wildman–Crippen LogP) is 0.627. The van der Waals surface area contributed by atoms with Crippen LogP contribution in [0.3, 0.4) is 0 Å². The number of aliphatic imine (C=N–C) groups is 1. The Morgan fingerprint density at radius 1 is 1.38 bits per heavy atom. The van der Waals surface area contributed by atoms with Gasteiger partial charge in [0.15, 0.2) is 5.72 Å². The summed E-state index contributed by atoms with van der Waals surface area (Å²) in [6.45, 7) is 5.02. The summed E-state index contributed by atoms with van der Waals surface area (Å²) in [4.78, 5) is 3.97. The van der Waals surface area contributed by atoms with Crippen LogP contribution in [0, 0.1) is 0 Å². The van der Waals surface area contributed by atoms with Crippen molar-refractivity contribution in [1.29, 1.82) is 0 Å². The first-order valence-electron chi connectivity index (χ1n) is 4.21. The van der Waals surface area contributed by atoms with E-state index in [9.17, 15) is 10.2 Å². The van der Waals surface area contributed by atoms with Crippen LogP contribution in [0.25, 0.3) is 0 Å². The fraction of sp³-hybridized carbons (Fsp3) is 0.875. The molecule has 0 spiro atoms. The zero-order valence-corrected chi connectivity index (χ0v) is 8.98. The molecule has 78 valence electrons. The molecule has 0 aliphatic carbocycles. The Kier molecular flexibility index (Phi) is 3.72. The van der Waals surface area contributed by atoms with Gasteiger partial charge in [-0.25, -0.2) is 4.99 Å². The van der Waals surface area contributed by atoms with Gasteiger partial charge in [0.1, 0.15) is 5.84 Å². The minimum Gasteiger partial charge on any atom is -0.367 e. The van der Waals surface area contributed by atoms with Gasteiger partial charge in [0.05, 0.1) is 0 Å². The zero-order chi connectivity index (χ0) is 9.41. The van der Waals surface area contributed by atoms with Crippen molar-refractivity contribution in [3.8, 4) is 0 Å². The van der Waals surface area contributed by atoms with Crippen molar-refractivity contribution in [2.45, 2.75) is 45.1 Å². The lowest BCUT2D eigenvalue weighted by Crippen LogP contribution is -2.54. The van der Waals surface area contributed by atoms with E-state index in [1.54, 1.807) is 0 Å². The van der Waals surface area contributed by atoms with E-state index in [1.807, 2.05) is 6.92 Å². The van der Waals surface area contributed by atoms with Crippen molar-refractivity contribution in [2.24, 2.45) is 4.99 Å². The summed E-state index contributed by atoms with van der Waals surface area (Å²) >= 11 is 0. The van der Waals surface area contributed by atoms with Crippen molar-refractivity contribution in [3.05, 3.63) is 0 Å². The summed E-state index contributed by atoms with van der Waals surface area (Å²) in [6, 6.07) is 0. The third-order valence-electron chi connectivity index (χ3n) is 2.15. The molecule has 0 aromatic carbocycles. The lowest BCUT2D eigenvalue weighted by atomic mass is 10.1. The molecule has 0 aromatic rings. The van der Waals surface area contributed by atoms with Crippen molar-refractivity contribution in [1.82, 2.24) is 5.32 Å². The third-order valence-corrected chi connectivity index (χ3v) is 2.15. The second-order valence-corrected chi connectivity index (χ2v) is 3.53. The minimum atomic E-state index is -1.41. The molecule has 2 unspecified atom stereocenters. The van der Waals surface area contributed by atoms with Crippen LogP contribution in [-0.2, 0) is 0 Å². The summed E-state index contributed by atoms with van der Waals surface area (Å²) in [5, 5.41) is 22.0. The fourth-order valence-electron chi connectivity index (χ4n) is 1.15. The maximum Gasteiger partial charge on any atom is 0.202 e. The van der Waals surface area contributed by atoms with E-state index in [-0.39, 0.29) is 12.4 Å². The zero-order valence-electron chi connectivity index (χ0n) is 8.16. The molecule has 0 fully saturated rings. The summed E-state index contributed by atoms with van der Waals surface area (Å²) in [7, 11) is 0. The number of nitrogens with zero attached hydrogens (tertiary/aromatic N) is 1. The molecule has 0 radical (unpaired) electrons. The second-order valence-electron chi connectivity index (χ2n) is 3.53. The summed E-state index contributed by atoms with van der Waals surface area (Å²) in [5.41, 5.74) is -2.74. The van der Waals surface area contributed by atoms with E-state index < -0.39 is 11.4 Å². The summed E-state index contributed by atoms with van der Waals surface area (Å²) in [6.07, 6.45) is 1.70. The van der Waals surface area contributed by atoms with E-state index in [0.717, 1.165) is 12.8 Å². The standard InChI is InChI=1S/C8H16N2O2.ClH/c1-4-5-6-9-7(2,11)8(3,12)10-6;/h11-12H,4-5H2,1-3H3,(H,9,10);1H. The Morgan fingerprint density at radius 2 is 1.92 bits per heavy atom. The SMILES string of the molecule is CCCC1=NC(C)(O)C(C)(O)N1.Cl. The first-order chi connectivity index (χ1) is 5.39. The van der Waals surface area contributed by atoms with Crippen LogP contribution in [0.5, 0.6) is 0 Å². The van der Waals surface area contributed by atoms with Gasteiger partial charge in [-0.3, -0.25) is 0 Å². The lowest BCUT2D eigenvalue weighted by molar-refractivity contribution is -0.122. The predicted molar refractivity (Wildman–Crippen MR) is 54.0 cm³/mol. The molecule has 0 bridgehead atoms. The molecule has 0 saturated heterocycles. The normalized spacial score (nSPS) is 37.8. The Morgan fingerprint density at radius 3 is 2.23 bits per heavy atom. The minimum absolute atomic E-state index is 0. The van der Waals surface area contributed by atoms with Gasteiger partial charge in [-0.2, -0.15) is 0 Å². The van der Waals surface area contributed by atoms with E-state index >= 15 is 0 Å². The first-order valence-corrected chi connectivity index (χ1v) is 4.21. The first kappa shape index (κ1) is 12.7. The monoisotopic (exact) mass is 208 g/mol.